The van der Waals surface area contributed by atoms with Crippen molar-refractivity contribution in [3.8, 4) is 0 Å². The van der Waals surface area contributed by atoms with E-state index < -0.39 is 0 Å². The molecule has 0 saturated heterocycles. The Morgan fingerprint density at radius 2 is 1.88 bits per heavy atom. The van der Waals surface area contributed by atoms with E-state index in [0.29, 0.717) is 5.65 Å². The van der Waals surface area contributed by atoms with Crippen LogP contribution < -0.4 is 0 Å². The maximum absolute atomic E-state index is 11.6. The Kier molecular flexibility index (Phi) is 3.13. The second-order valence-corrected chi connectivity index (χ2v) is 4.47. The van der Waals surface area contributed by atoms with E-state index in [2.05, 4.69) is 15.0 Å². The number of fused-ring (bicyclic) bond motifs is 1. The van der Waals surface area contributed by atoms with Crippen LogP contribution >= 0.6 is 0 Å². The first-order valence-electron chi connectivity index (χ1n) is 5.67. The number of hydrogen-bond acceptors (Lipinski definition) is 4. The summed E-state index contributed by atoms with van der Waals surface area (Å²) in [4.78, 5) is 24.4. The first kappa shape index (κ1) is 11.6. The summed E-state index contributed by atoms with van der Waals surface area (Å²) in [6.45, 7) is 5.65. The van der Waals surface area contributed by atoms with Crippen molar-refractivity contribution in [1.82, 2.24) is 15.0 Å². The molecule has 0 aliphatic rings. The molecule has 0 aromatic carbocycles. The molecule has 4 nitrogen and oxygen atoms in total. The highest BCUT2D eigenvalue weighted by molar-refractivity contribution is 5.83. The Balaban J connectivity index is 2.51. The molecule has 2 heterocycles. The molecule has 0 N–H and O–H groups in total. The number of hydrogen-bond donors (Lipinski definition) is 0. The van der Waals surface area contributed by atoms with Crippen molar-refractivity contribution in [3.63, 3.8) is 0 Å². The lowest BCUT2D eigenvalue weighted by molar-refractivity contribution is -0.119. The van der Waals surface area contributed by atoms with Gasteiger partial charge in [0.25, 0.3) is 0 Å². The highest BCUT2D eigenvalue weighted by Gasteiger charge is 2.22. The van der Waals surface area contributed by atoms with Crippen LogP contribution in [0.15, 0.2) is 24.5 Å². The molecule has 2 rings (SSSR count). The van der Waals surface area contributed by atoms with Crippen LogP contribution in [0.1, 0.15) is 32.4 Å². The van der Waals surface area contributed by atoms with Gasteiger partial charge in [-0.15, -0.1) is 0 Å². The molecule has 1 unspecified atom stereocenters. The number of rotatable bonds is 3. The smallest absolute Gasteiger partial charge is 0.178 e. The average Bonchev–Trinajstić information content (AvgIpc) is 2.28. The van der Waals surface area contributed by atoms with Crippen LogP contribution in [0.5, 0.6) is 0 Å². The van der Waals surface area contributed by atoms with Gasteiger partial charge in [-0.2, -0.15) is 0 Å². The summed E-state index contributed by atoms with van der Waals surface area (Å²) < 4.78 is 0. The Bertz CT molecular complexity index is 551. The van der Waals surface area contributed by atoms with Crippen LogP contribution in [-0.4, -0.2) is 20.7 Å². The van der Waals surface area contributed by atoms with Gasteiger partial charge in [0, 0.05) is 12.4 Å². The third-order valence-corrected chi connectivity index (χ3v) is 2.78. The number of aromatic nitrogens is 3. The number of carbonyl (C=O) groups is 1. The average molecular weight is 229 g/mol. The van der Waals surface area contributed by atoms with Crippen LogP contribution in [0.2, 0.25) is 0 Å². The number of ketones is 1. The summed E-state index contributed by atoms with van der Waals surface area (Å²) in [5.41, 5.74) is 2.12. The first-order valence-corrected chi connectivity index (χ1v) is 5.67. The van der Waals surface area contributed by atoms with Gasteiger partial charge < -0.3 is 0 Å². The zero-order valence-corrected chi connectivity index (χ0v) is 10.2. The van der Waals surface area contributed by atoms with E-state index in [4.69, 9.17) is 0 Å². The molecule has 17 heavy (non-hydrogen) atoms. The van der Waals surface area contributed by atoms with E-state index in [0.717, 1.165) is 11.2 Å². The minimum absolute atomic E-state index is 0.135. The Morgan fingerprint density at radius 1 is 1.18 bits per heavy atom. The van der Waals surface area contributed by atoms with Crippen molar-refractivity contribution < 1.29 is 4.79 Å². The third-order valence-electron chi connectivity index (χ3n) is 2.78. The summed E-state index contributed by atoms with van der Waals surface area (Å²) in [7, 11) is 0. The lowest BCUT2D eigenvalue weighted by Gasteiger charge is -2.17. The molecule has 2 aromatic heterocycles. The molecule has 88 valence electrons. The van der Waals surface area contributed by atoms with Gasteiger partial charge in [-0.05, 0) is 25.0 Å². The van der Waals surface area contributed by atoms with E-state index in [9.17, 15) is 4.79 Å². The molecule has 0 fully saturated rings. The first-order chi connectivity index (χ1) is 8.09. The van der Waals surface area contributed by atoms with Crippen LogP contribution in [-0.2, 0) is 4.79 Å². The Hall–Kier alpha value is -1.84. The van der Waals surface area contributed by atoms with Crippen molar-refractivity contribution >= 4 is 16.9 Å². The minimum Gasteiger partial charge on any atom is -0.299 e. The van der Waals surface area contributed by atoms with Gasteiger partial charge in [0.15, 0.2) is 5.65 Å². The van der Waals surface area contributed by atoms with E-state index in [1.165, 1.54) is 0 Å². The number of nitrogens with zero attached hydrogens (tertiary/aromatic N) is 3. The summed E-state index contributed by atoms with van der Waals surface area (Å²) in [5.74, 6) is 0.200. The largest absolute Gasteiger partial charge is 0.299 e. The van der Waals surface area contributed by atoms with Crippen LogP contribution in [0, 0.1) is 5.92 Å². The number of Topliss-reactive ketones (excluding diaryl/α,β-unsaturated/α-hetero) is 1. The molecule has 0 aliphatic heterocycles. The number of carbonyl (C=O) groups excluding carboxylic acids is 1. The molecule has 0 bridgehead atoms. The minimum atomic E-state index is -0.165. The second kappa shape index (κ2) is 4.57. The van der Waals surface area contributed by atoms with Gasteiger partial charge in [0.05, 0.1) is 11.6 Å². The van der Waals surface area contributed by atoms with E-state index >= 15 is 0 Å². The highest BCUT2D eigenvalue weighted by Crippen LogP contribution is 2.24. The van der Waals surface area contributed by atoms with Gasteiger partial charge in [-0.3, -0.25) is 9.78 Å². The molecule has 1 atom stereocenters. The molecular weight excluding hydrogens is 214 g/mol. The van der Waals surface area contributed by atoms with Gasteiger partial charge in [0.2, 0.25) is 0 Å². The normalized spacial score (nSPS) is 12.9. The van der Waals surface area contributed by atoms with Crippen LogP contribution in [0.4, 0.5) is 0 Å². The molecule has 2 aromatic rings. The highest BCUT2D eigenvalue weighted by atomic mass is 16.1. The zero-order valence-electron chi connectivity index (χ0n) is 10.2. The molecule has 0 spiro atoms. The van der Waals surface area contributed by atoms with Crippen molar-refractivity contribution in [1.29, 1.82) is 0 Å². The molecule has 4 heteroatoms. The lowest BCUT2D eigenvalue weighted by atomic mass is 9.89. The maximum atomic E-state index is 11.6. The summed E-state index contributed by atoms with van der Waals surface area (Å²) in [5, 5.41) is 0. The SMILES string of the molecule is CC(=O)C(c1ccc2nccnc2n1)C(C)C. The molecule has 0 saturated carbocycles. The number of pyridine rings is 1. The topological polar surface area (TPSA) is 55.7 Å². The quantitative estimate of drug-likeness (QED) is 0.810. The molecule has 0 amide bonds. The van der Waals surface area contributed by atoms with Gasteiger partial charge >= 0.3 is 0 Å². The van der Waals surface area contributed by atoms with Gasteiger partial charge in [-0.1, -0.05) is 13.8 Å². The van der Waals surface area contributed by atoms with Crippen molar-refractivity contribution in [3.05, 3.63) is 30.2 Å². The molecule has 0 aliphatic carbocycles. The Morgan fingerprint density at radius 3 is 2.53 bits per heavy atom. The zero-order chi connectivity index (χ0) is 12.4. The van der Waals surface area contributed by atoms with Crippen LogP contribution in [0.3, 0.4) is 0 Å². The fourth-order valence-electron chi connectivity index (χ4n) is 2.06. The van der Waals surface area contributed by atoms with E-state index in [1.807, 2.05) is 26.0 Å². The fraction of sp³-hybridized carbons (Fsp3) is 0.385. The summed E-state index contributed by atoms with van der Waals surface area (Å²) in [6.07, 6.45) is 3.24. The van der Waals surface area contributed by atoms with Crippen molar-refractivity contribution in [2.45, 2.75) is 26.7 Å². The van der Waals surface area contributed by atoms with E-state index in [-0.39, 0.29) is 17.6 Å². The van der Waals surface area contributed by atoms with Gasteiger partial charge in [-0.25, -0.2) is 9.97 Å². The van der Waals surface area contributed by atoms with Gasteiger partial charge in [0.1, 0.15) is 11.3 Å². The van der Waals surface area contributed by atoms with Crippen LogP contribution in [0.25, 0.3) is 11.2 Å². The monoisotopic (exact) mass is 229 g/mol. The standard InChI is InChI=1S/C13H15N3O/c1-8(2)12(9(3)17)10-4-5-11-13(16-10)15-7-6-14-11/h4-8,12H,1-3H3. The molecule has 0 radical (unpaired) electrons. The summed E-state index contributed by atoms with van der Waals surface area (Å²) >= 11 is 0. The molecular formula is C13H15N3O. The summed E-state index contributed by atoms with van der Waals surface area (Å²) in [6, 6.07) is 3.73. The predicted molar refractivity (Wildman–Crippen MR) is 65.6 cm³/mol. The second-order valence-electron chi connectivity index (χ2n) is 4.47. The third kappa shape index (κ3) is 2.30. The Labute approximate surface area is 100 Å². The predicted octanol–water partition coefficient (Wildman–Crippen LogP) is 2.35. The fourth-order valence-corrected chi connectivity index (χ4v) is 2.06. The van der Waals surface area contributed by atoms with E-state index in [1.54, 1.807) is 19.3 Å². The van der Waals surface area contributed by atoms with Crippen molar-refractivity contribution in [2.75, 3.05) is 0 Å². The van der Waals surface area contributed by atoms with Crippen molar-refractivity contribution in [2.24, 2.45) is 5.92 Å². The maximum Gasteiger partial charge on any atom is 0.178 e. The lowest BCUT2D eigenvalue weighted by Crippen LogP contribution is -2.16.